The van der Waals surface area contributed by atoms with Gasteiger partial charge in [0, 0.05) is 22.6 Å². The molecule has 0 amide bonds. The molecule has 1 N–H and O–H groups in total. The molecular formula is C16H25BrN2. The molecule has 106 valence electrons. The Balaban J connectivity index is 1.83. The van der Waals surface area contributed by atoms with Crippen LogP contribution in [0.15, 0.2) is 28.7 Å². The van der Waals surface area contributed by atoms with Gasteiger partial charge in [-0.1, -0.05) is 28.1 Å². The van der Waals surface area contributed by atoms with E-state index in [0.717, 1.165) is 24.0 Å². The van der Waals surface area contributed by atoms with Crippen LogP contribution in [0.3, 0.4) is 0 Å². The Kier molecular flexibility index (Phi) is 5.04. The maximum Gasteiger partial charge on any atom is 0.0175 e. The highest BCUT2D eigenvalue weighted by Gasteiger charge is 2.29. The third-order valence-corrected chi connectivity index (χ3v) is 4.65. The number of hydrogen-bond acceptors (Lipinski definition) is 2. The highest BCUT2D eigenvalue weighted by Crippen LogP contribution is 2.22. The number of piperidine rings is 1. The van der Waals surface area contributed by atoms with Gasteiger partial charge < -0.3 is 10.2 Å². The first kappa shape index (κ1) is 15.0. The zero-order valence-electron chi connectivity index (χ0n) is 12.2. The summed E-state index contributed by atoms with van der Waals surface area (Å²) >= 11 is 3.48. The summed E-state index contributed by atoms with van der Waals surface area (Å²) in [7, 11) is 2.27. The van der Waals surface area contributed by atoms with E-state index in [1.54, 1.807) is 0 Å². The van der Waals surface area contributed by atoms with Gasteiger partial charge in [0.1, 0.15) is 0 Å². The first-order valence-electron chi connectivity index (χ1n) is 7.16. The van der Waals surface area contributed by atoms with Gasteiger partial charge >= 0.3 is 0 Å². The Morgan fingerprint density at radius 2 is 2.00 bits per heavy atom. The average Bonchev–Trinajstić information content (AvgIpc) is 2.36. The summed E-state index contributed by atoms with van der Waals surface area (Å²) in [4.78, 5) is 2.53. The summed E-state index contributed by atoms with van der Waals surface area (Å²) in [5.74, 6) is 0. The molecule has 0 radical (unpaired) electrons. The third kappa shape index (κ3) is 4.59. The minimum atomic E-state index is 0.286. The van der Waals surface area contributed by atoms with E-state index in [9.17, 15) is 0 Å². The lowest BCUT2D eigenvalue weighted by Gasteiger charge is -2.40. The van der Waals surface area contributed by atoms with Crippen molar-refractivity contribution in [3.05, 3.63) is 34.3 Å². The van der Waals surface area contributed by atoms with Crippen LogP contribution in [-0.2, 0) is 6.42 Å². The van der Waals surface area contributed by atoms with E-state index < -0.39 is 0 Å². The Morgan fingerprint density at radius 3 is 2.63 bits per heavy atom. The highest BCUT2D eigenvalue weighted by molar-refractivity contribution is 9.10. The van der Waals surface area contributed by atoms with E-state index in [1.807, 2.05) is 0 Å². The van der Waals surface area contributed by atoms with Crippen LogP contribution in [0.25, 0.3) is 0 Å². The van der Waals surface area contributed by atoms with Gasteiger partial charge in [0.2, 0.25) is 0 Å². The Labute approximate surface area is 125 Å². The van der Waals surface area contributed by atoms with Crippen molar-refractivity contribution in [2.45, 2.75) is 44.7 Å². The number of benzene rings is 1. The van der Waals surface area contributed by atoms with Crippen LogP contribution in [0.5, 0.6) is 0 Å². The minimum Gasteiger partial charge on any atom is -0.312 e. The SMILES string of the molecule is CN(CCc1ccc(Br)cc1)C1CCNC(C)(C)C1. The predicted molar refractivity (Wildman–Crippen MR) is 85.6 cm³/mol. The number of halogens is 1. The van der Waals surface area contributed by atoms with Crippen molar-refractivity contribution in [1.29, 1.82) is 0 Å². The van der Waals surface area contributed by atoms with Gasteiger partial charge in [0.15, 0.2) is 0 Å². The smallest absolute Gasteiger partial charge is 0.0175 e. The van der Waals surface area contributed by atoms with E-state index in [-0.39, 0.29) is 5.54 Å². The van der Waals surface area contributed by atoms with Crippen LogP contribution >= 0.6 is 15.9 Å². The summed E-state index contributed by atoms with van der Waals surface area (Å²) in [6.45, 7) is 6.89. The molecule has 19 heavy (non-hydrogen) atoms. The molecule has 0 saturated carbocycles. The van der Waals surface area contributed by atoms with E-state index >= 15 is 0 Å². The van der Waals surface area contributed by atoms with Crippen LogP contribution < -0.4 is 5.32 Å². The molecular weight excluding hydrogens is 300 g/mol. The van der Waals surface area contributed by atoms with Crippen molar-refractivity contribution in [3.8, 4) is 0 Å². The molecule has 0 aromatic heterocycles. The molecule has 1 aromatic carbocycles. The number of nitrogens with zero attached hydrogens (tertiary/aromatic N) is 1. The first-order valence-corrected chi connectivity index (χ1v) is 7.95. The lowest BCUT2D eigenvalue weighted by Crippen LogP contribution is -2.52. The lowest BCUT2D eigenvalue weighted by molar-refractivity contribution is 0.145. The molecule has 2 rings (SSSR count). The fraction of sp³-hybridized carbons (Fsp3) is 0.625. The first-order chi connectivity index (χ1) is 8.96. The summed E-state index contributed by atoms with van der Waals surface area (Å²) in [6, 6.07) is 9.40. The standard InChI is InChI=1S/C16H25BrN2/c1-16(2)12-15(8-10-18-16)19(3)11-9-13-4-6-14(17)7-5-13/h4-7,15,18H,8-12H2,1-3H3. The van der Waals surface area contributed by atoms with Crippen LogP contribution in [0.4, 0.5) is 0 Å². The molecule has 1 fully saturated rings. The quantitative estimate of drug-likeness (QED) is 0.912. The Hall–Kier alpha value is -0.380. The second-order valence-corrected chi connectivity index (χ2v) is 7.23. The molecule has 2 nitrogen and oxygen atoms in total. The number of nitrogens with one attached hydrogen (secondary N) is 1. The van der Waals surface area contributed by atoms with E-state index in [2.05, 4.69) is 71.3 Å². The third-order valence-electron chi connectivity index (χ3n) is 4.12. The van der Waals surface area contributed by atoms with Crippen molar-refractivity contribution in [1.82, 2.24) is 10.2 Å². The molecule has 0 aliphatic carbocycles. The topological polar surface area (TPSA) is 15.3 Å². The Morgan fingerprint density at radius 1 is 1.32 bits per heavy atom. The molecule has 1 aliphatic heterocycles. The second kappa shape index (κ2) is 6.38. The van der Waals surface area contributed by atoms with Crippen molar-refractivity contribution in [3.63, 3.8) is 0 Å². The van der Waals surface area contributed by atoms with Crippen molar-refractivity contribution < 1.29 is 0 Å². The molecule has 1 aromatic rings. The fourth-order valence-electron chi connectivity index (χ4n) is 2.86. The largest absolute Gasteiger partial charge is 0.312 e. The molecule has 0 bridgehead atoms. The molecule has 1 atom stereocenters. The molecule has 1 unspecified atom stereocenters. The van der Waals surface area contributed by atoms with Crippen LogP contribution in [0.1, 0.15) is 32.3 Å². The van der Waals surface area contributed by atoms with Gasteiger partial charge in [-0.3, -0.25) is 0 Å². The average molecular weight is 325 g/mol. The van der Waals surface area contributed by atoms with E-state index in [1.165, 1.54) is 18.4 Å². The maximum atomic E-state index is 3.59. The number of likely N-dealkylation sites (N-methyl/N-ethyl adjacent to an activating group) is 1. The summed E-state index contributed by atoms with van der Waals surface area (Å²) in [6.07, 6.45) is 3.64. The molecule has 1 aliphatic rings. The zero-order chi connectivity index (χ0) is 13.9. The second-order valence-electron chi connectivity index (χ2n) is 6.31. The lowest BCUT2D eigenvalue weighted by atomic mass is 9.88. The van der Waals surface area contributed by atoms with Crippen LogP contribution in [0, 0.1) is 0 Å². The number of rotatable bonds is 4. The van der Waals surface area contributed by atoms with Gasteiger partial charge in [-0.25, -0.2) is 0 Å². The minimum absolute atomic E-state index is 0.286. The normalized spacial score (nSPS) is 22.7. The summed E-state index contributed by atoms with van der Waals surface area (Å²) in [5.41, 5.74) is 1.71. The van der Waals surface area contributed by atoms with Gasteiger partial charge in [0.05, 0.1) is 0 Å². The van der Waals surface area contributed by atoms with Gasteiger partial charge in [0.25, 0.3) is 0 Å². The van der Waals surface area contributed by atoms with Gasteiger partial charge in [-0.05, 0) is 64.4 Å². The molecule has 3 heteroatoms. The van der Waals surface area contributed by atoms with Crippen LogP contribution in [0.2, 0.25) is 0 Å². The Bertz CT molecular complexity index is 400. The van der Waals surface area contributed by atoms with Gasteiger partial charge in [-0.2, -0.15) is 0 Å². The van der Waals surface area contributed by atoms with Crippen LogP contribution in [-0.4, -0.2) is 36.6 Å². The van der Waals surface area contributed by atoms with E-state index in [4.69, 9.17) is 0 Å². The maximum absolute atomic E-state index is 3.59. The van der Waals surface area contributed by atoms with Gasteiger partial charge in [-0.15, -0.1) is 0 Å². The fourth-order valence-corrected chi connectivity index (χ4v) is 3.12. The summed E-state index contributed by atoms with van der Waals surface area (Å²) in [5, 5.41) is 3.59. The van der Waals surface area contributed by atoms with E-state index in [0.29, 0.717) is 6.04 Å². The van der Waals surface area contributed by atoms with Crippen molar-refractivity contribution in [2.24, 2.45) is 0 Å². The zero-order valence-corrected chi connectivity index (χ0v) is 13.8. The molecule has 1 saturated heterocycles. The summed E-state index contributed by atoms with van der Waals surface area (Å²) < 4.78 is 1.16. The predicted octanol–water partition coefficient (Wildman–Crippen LogP) is 3.45. The molecule has 1 heterocycles. The monoisotopic (exact) mass is 324 g/mol. The number of hydrogen-bond donors (Lipinski definition) is 1. The molecule has 0 spiro atoms. The van der Waals surface area contributed by atoms with Crippen molar-refractivity contribution >= 4 is 15.9 Å². The van der Waals surface area contributed by atoms with Crippen molar-refractivity contribution in [2.75, 3.05) is 20.1 Å². The highest BCUT2D eigenvalue weighted by atomic mass is 79.9.